The molecule has 0 atom stereocenters. The number of imide groups is 2. The number of carbonyl (C=O) groups is 4. The second-order valence-electron chi connectivity index (χ2n) is 18.3. The maximum Gasteiger partial charge on any atom is 0.384 e. The van der Waals surface area contributed by atoms with Gasteiger partial charge in [0.05, 0.1) is 18.7 Å². The number of nitrogens with zero attached hydrogens (tertiary/aromatic N) is 6. The van der Waals surface area contributed by atoms with Crippen LogP contribution in [0.5, 0.6) is 23.0 Å². The number of aromatic nitrogens is 2. The highest BCUT2D eigenvalue weighted by molar-refractivity contribution is 7.84. The predicted molar refractivity (Wildman–Crippen MR) is 265 cm³/mol. The van der Waals surface area contributed by atoms with E-state index in [9.17, 15) is 49.9 Å². The Balaban J connectivity index is 0.000000219. The van der Waals surface area contributed by atoms with Gasteiger partial charge in [0.2, 0.25) is 0 Å². The molecule has 0 radical (unpaired) electrons. The molecule has 2 aliphatic heterocycles. The Kier molecular flexibility index (Phi) is 14.6. The molecule has 18 nitrogen and oxygen atoms in total. The van der Waals surface area contributed by atoms with E-state index in [1.165, 1.54) is 101 Å². The summed E-state index contributed by atoms with van der Waals surface area (Å²) in [6.45, 7) is 12.2. The van der Waals surface area contributed by atoms with Gasteiger partial charge in [-0.3, -0.25) is 38.9 Å². The SMILES string of the molecule is CC(C)[Si](Oc1c2c(c(OS(=O)(=O)N(C)C)c3cccnc13)C(=O)N(Cc1ccc(F)cc1)C2=O)(C(C)C)C(C)C.CN(C)S(=O)(=O)Oc1c2c(c(O)c3ncccc13)C(=O)N(Cc1ccc(F)cc1)C2=O. The van der Waals surface area contributed by atoms with E-state index in [1.54, 1.807) is 12.1 Å². The van der Waals surface area contributed by atoms with Crippen LogP contribution in [0, 0.1) is 11.6 Å². The third-order valence-corrected chi connectivity index (χ3v) is 21.1. The highest BCUT2D eigenvalue weighted by Crippen LogP contribution is 2.50. The minimum Gasteiger partial charge on any atom is -0.541 e. The van der Waals surface area contributed by atoms with Gasteiger partial charge in [-0.15, -0.1) is 0 Å². The molecule has 8 rings (SSSR count). The smallest absolute Gasteiger partial charge is 0.384 e. The van der Waals surface area contributed by atoms with Gasteiger partial charge in [0.25, 0.3) is 31.9 Å². The van der Waals surface area contributed by atoms with Gasteiger partial charge in [0.15, 0.2) is 17.2 Å². The number of phenolic OH excluding ortho intramolecular Hbond substituents is 1. The Labute approximate surface area is 416 Å². The van der Waals surface area contributed by atoms with E-state index in [1.807, 2.05) is 0 Å². The molecule has 2 aromatic heterocycles. The average molecular weight is 1050 g/mol. The van der Waals surface area contributed by atoms with Crippen LogP contribution in [-0.2, 0) is 33.7 Å². The number of hydrogen-bond acceptors (Lipinski definition) is 14. The Hall–Kier alpha value is -6.92. The summed E-state index contributed by atoms with van der Waals surface area (Å²) in [5, 5.41) is 11.0. The molecule has 0 bridgehead atoms. The molecule has 0 aliphatic carbocycles. The summed E-state index contributed by atoms with van der Waals surface area (Å²) in [6.07, 6.45) is 2.86. The maximum atomic E-state index is 14.1. The van der Waals surface area contributed by atoms with Crippen molar-refractivity contribution >= 4 is 74.4 Å². The number of pyridine rings is 2. The lowest BCUT2D eigenvalue weighted by Gasteiger charge is -2.42. The van der Waals surface area contributed by atoms with Gasteiger partial charge in [-0.25, -0.2) is 8.78 Å². The molecule has 23 heteroatoms. The van der Waals surface area contributed by atoms with Crippen LogP contribution in [0.4, 0.5) is 8.78 Å². The van der Waals surface area contributed by atoms with Crippen molar-refractivity contribution < 1.29 is 62.7 Å². The van der Waals surface area contributed by atoms with Crippen LogP contribution in [0.1, 0.15) is 94.1 Å². The lowest BCUT2D eigenvalue weighted by molar-refractivity contribution is 0.0625. The number of phenols is 1. The van der Waals surface area contributed by atoms with E-state index in [2.05, 4.69) is 51.5 Å². The number of aromatic hydroxyl groups is 1. The lowest BCUT2D eigenvalue weighted by Crippen LogP contribution is -2.51. The molecule has 0 fully saturated rings. The van der Waals surface area contributed by atoms with E-state index in [-0.39, 0.29) is 79.7 Å². The van der Waals surface area contributed by atoms with Crippen LogP contribution in [-0.4, -0.2) is 110 Å². The van der Waals surface area contributed by atoms with Crippen LogP contribution in [0.2, 0.25) is 16.6 Å². The van der Waals surface area contributed by atoms with Crippen molar-refractivity contribution in [1.29, 1.82) is 0 Å². The largest absolute Gasteiger partial charge is 0.541 e. The molecule has 0 saturated heterocycles. The van der Waals surface area contributed by atoms with Crippen LogP contribution >= 0.6 is 0 Å². The summed E-state index contributed by atoms with van der Waals surface area (Å²) in [7, 11) is -6.24. The van der Waals surface area contributed by atoms with Crippen molar-refractivity contribution in [2.75, 3.05) is 28.2 Å². The minimum atomic E-state index is -4.32. The molecule has 2 aliphatic rings. The molecule has 4 amide bonds. The van der Waals surface area contributed by atoms with Crippen LogP contribution in [0.25, 0.3) is 21.8 Å². The van der Waals surface area contributed by atoms with Gasteiger partial charge in [0.1, 0.15) is 45.1 Å². The monoisotopic (exact) mass is 1050 g/mol. The Morgan fingerprint density at radius 1 is 0.556 bits per heavy atom. The molecule has 4 heterocycles. The first-order valence-corrected chi connectivity index (χ1v) is 27.3. The van der Waals surface area contributed by atoms with Crippen molar-refractivity contribution in [1.82, 2.24) is 28.4 Å². The van der Waals surface area contributed by atoms with Crippen molar-refractivity contribution in [2.24, 2.45) is 0 Å². The molecule has 1 N–H and O–H groups in total. The summed E-state index contributed by atoms with van der Waals surface area (Å²) in [5.41, 5.74) is 0.458. The van der Waals surface area contributed by atoms with Crippen LogP contribution in [0.3, 0.4) is 0 Å². The average Bonchev–Trinajstić information content (AvgIpc) is 3.71. The number of amides is 4. The second-order valence-corrected chi connectivity index (χ2v) is 27.2. The number of benzene rings is 4. The van der Waals surface area contributed by atoms with E-state index in [4.69, 9.17) is 12.8 Å². The number of rotatable bonds is 15. The number of fused-ring (bicyclic) bond motifs is 4. The third-order valence-electron chi connectivity index (χ3n) is 12.6. The fraction of sp³-hybridized carbons (Fsp3) is 0.306. The predicted octanol–water partition coefficient (Wildman–Crippen LogP) is 7.97. The number of hydrogen-bond donors (Lipinski definition) is 1. The number of halogens is 2. The third kappa shape index (κ3) is 9.49. The van der Waals surface area contributed by atoms with E-state index >= 15 is 0 Å². The van der Waals surface area contributed by atoms with Crippen molar-refractivity contribution in [2.45, 2.75) is 71.3 Å². The van der Waals surface area contributed by atoms with Crippen molar-refractivity contribution in [3.63, 3.8) is 0 Å². The first kappa shape index (κ1) is 52.9. The minimum absolute atomic E-state index is 0.0500. The summed E-state index contributed by atoms with van der Waals surface area (Å²) < 4.78 is 96.9. The van der Waals surface area contributed by atoms with Gasteiger partial charge in [-0.2, -0.15) is 25.4 Å². The molecular formula is C49H52F2N6O12S2Si. The van der Waals surface area contributed by atoms with Crippen LogP contribution < -0.4 is 12.8 Å². The molecule has 72 heavy (non-hydrogen) atoms. The summed E-state index contributed by atoms with van der Waals surface area (Å²) in [6, 6.07) is 16.7. The van der Waals surface area contributed by atoms with Gasteiger partial charge in [-0.1, -0.05) is 65.8 Å². The first-order valence-electron chi connectivity index (χ1n) is 22.5. The van der Waals surface area contributed by atoms with Crippen molar-refractivity contribution in [3.8, 4) is 23.0 Å². The van der Waals surface area contributed by atoms with E-state index < -0.39 is 81.3 Å². The quantitative estimate of drug-likeness (QED) is 0.0761. The maximum absolute atomic E-state index is 14.1. The molecule has 380 valence electrons. The van der Waals surface area contributed by atoms with Crippen LogP contribution in [0.15, 0.2) is 85.2 Å². The van der Waals surface area contributed by atoms with Gasteiger partial charge < -0.3 is 17.9 Å². The Morgan fingerprint density at radius 2 is 0.903 bits per heavy atom. The second kappa shape index (κ2) is 19.9. The molecule has 0 saturated carbocycles. The zero-order valence-electron chi connectivity index (χ0n) is 40.9. The van der Waals surface area contributed by atoms with E-state index in [0.29, 0.717) is 11.1 Å². The fourth-order valence-corrected chi connectivity index (χ4v) is 15.4. The fourth-order valence-electron chi connectivity index (χ4n) is 9.05. The summed E-state index contributed by atoms with van der Waals surface area (Å²) in [4.78, 5) is 64.7. The van der Waals surface area contributed by atoms with Gasteiger partial charge in [0, 0.05) is 51.4 Å². The highest BCUT2D eigenvalue weighted by atomic mass is 32.2. The first-order chi connectivity index (χ1) is 33.7. The molecule has 0 unspecified atom stereocenters. The summed E-state index contributed by atoms with van der Waals surface area (Å²) >= 11 is 0. The molecule has 0 spiro atoms. The molecule has 6 aromatic rings. The summed E-state index contributed by atoms with van der Waals surface area (Å²) in [5.74, 6) is -5.11. The zero-order chi connectivity index (χ0) is 52.9. The topological polar surface area (TPSA) is 223 Å². The zero-order valence-corrected chi connectivity index (χ0v) is 43.6. The number of carbonyl (C=O) groups excluding carboxylic acids is 4. The normalized spacial score (nSPS) is 14.1. The van der Waals surface area contributed by atoms with Crippen molar-refractivity contribution in [3.05, 3.63) is 130 Å². The molecular weight excluding hydrogens is 995 g/mol. The Bertz CT molecular complexity index is 3370. The van der Waals surface area contributed by atoms with E-state index in [0.717, 1.165) is 18.4 Å². The standard InChI is InChI=1S/C29H36FN3O6SSi.C20H16FN3O6S/c1-17(2)41(18(3)4,19(5)6)39-27-24-23(28(34)33(29(24)35)16-20-11-13-21(30)14-12-20)26(38-40(36,37)32(7)8)22-10-9-15-31-25(22)27;1-23(2)31(28,29)30-18-13-4-3-9-22-16(13)17(25)14-15(18)20(27)24(19(14)26)10-11-5-7-12(21)8-6-11/h9-15,17-19H,16H2,1-8H3;3-9,25H,10H2,1-2H3. The van der Waals surface area contributed by atoms with Gasteiger partial charge >= 0.3 is 20.6 Å². The van der Waals surface area contributed by atoms with Gasteiger partial charge in [-0.05, 0) is 76.3 Å². The lowest BCUT2D eigenvalue weighted by atomic mass is 10.0. The Morgan fingerprint density at radius 3 is 1.29 bits per heavy atom. The highest BCUT2D eigenvalue weighted by Gasteiger charge is 2.51. The molecule has 4 aromatic carbocycles.